The molecule has 1 aliphatic carbocycles. The first-order valence-electron chi connectivity index (χ1n) is 8.15. The molecule has 0 spiro atoms. The molecule has 1 heterocycles. The predicted octanol–water partition coefficient (Wildman–Crippen LogP) is 5.86. The minimum atomic E-state index is -0.282. The van der Waals surface area contributed by atoms with Gasteiger partial charge in [-0.05, 0) is 49.9 Å². The van der Waals surface area contributed by atoms with Crippen LogP contribution in [0.1, 0.15) is 18.4 Å². The highest BCUT2D eigenvalue weighted by Gasteiger charge is 2.17. The van der Waals surface area contributed by atoms with E-state index in [9.17, 15) is 4.39 Å². The van der Waals surface area contributed by atoms with Crippen LogP contribution in [-0.2, 0) is 0 Å². The van der Waals surface area contributed by atoms with Crippen molar-refractivity contribution in [1.29, 1.82) is 0 Å². The molecule has 0 aliphatic heterocycles. The third-order valence-corrected chi connectivity index (χ3v) is 6.05. The van der Waals surface area contributed by atoms with E-state index < -0.39 is 0 Å². The van der Waals surface area contributed by atoms with Crippen molar-refractivity contribution in [1.82, 2.24) is 0 Å². The van der Waals surface area contributed by atoms with E-state index in [0.29, 0.717) is 10.6 Å². The Balaban J connectivity index is 1.74. The van der Waals surface area contributed by atoms with Gasteiger partial charge in [-0.1, -0.05) is 12.2 Å². The van der Waals surface area contributed by atoms with Gasteiger partial charge in [0.2, 0.25) is 0 Å². The average molecular weight is 342 g/mol. The monoisotopic (exact) mass is 342 g/mol. The molecule has 124 valence electrons. The molecule has 2 nitrogen and oxygen atoms in total. The Kier molecular flexibility index (Phi) is 3.93. The first-order chi connectivity index (χ1) is 11.7. The first kappa shape index (κ1) is 15.5. The van der Waals surface area contributed by atoms with Gasteiger partial charge in [0.05, 0.1) is 18.4 Å². The van der Waals surface area contributed by atoms with E-state index in [1.165, 1.54) is 18.4 Å². The summed E-state index contributed by atoms with van der Waals surface area (Å²) < 4.78 is 27.4. The van der Waals surface area contributed by atoms with Crippen LogP contribution in [0, 0.1) is 18.7 Å². The normalized spacial score (nSPS) is 14.8. The number of thiophene rings is 1. The number of hydrogen-bond acceptors (Lipinski definition) is 3. The Hall–Kier alpha value is -2.07. The summed E-state index contributed by atoms with van der Waals surface area (Å²) in [7, 11) is 1.49. The molecule has 0 amide bonds. The topological polar surface area (TPSA) is 18.5 Å². The van der Waals surface area contributed by atoms with Gasteiger partial charge >= 0.3 is 0 Å². The summed E-state index contributed by atoms with van der Waals surface area (Å²) in [4.78, 5) is 0. The molecule has 1 aliphatic rings. The molecule has 0 unspecified atom stereocenters. The van der Waals surface area contributed by atoms with Crippen LogP contribution in [0.2, 0.25) is 0 Å². The van der Waals surface area contributed by atoms with Gasteiger partial charge in [-0.15, -0.1) is 11.3 Å². The van der Waals surface area contributed by atoms with Crippen LogP contribution in [-0.4, -0.2) is 13.7 Å². The van der Waals surface area contributed by atoms with Crippen molar-refractivity contribution in [2.75, 3.05) is 13.7 Å². The number of aryl methyl sites for hydroxylation is 1. The fourth-order valence-electron chi connectivity index (χ4n) is 3.30. The molecule has 24 heavy (non-hydrogen) atoms. The quantitative estimate of drug-likeness (QED) is 0.553. The van der Waals surface area contributed by atoms with Crippen LogP contribution >= 0.6 is 11.3 Å². The molecule has 0 saturated heterocycles. The van der Waals surface area contributed by atoms with Crippen molar-refractivity contribution >= 4 is 31.5 Å². The van der Waals surface area contributed by atoms with Crippen LogP contribution < -0.4 is 9.47 Å². The molecule has 0 bridgehead atoms. The maximum Gasteiger partial charge on any atom is 0.182 e. The van der Waals surface area contributed by atoms with E-state index in [1.807, 2.05) is 18.2 Å². The van der Waals surface area contributed by atoms with Gasteiger partial charge in [-0.2, -0.15) is 0 Å². The number of ether oxygens (including phenoxy) is 2. The Morgan fingerprint density at radius 2 is 1.71 bits per heavy atom. The zero-order chi connectivity index (χ0) is 16.7. The van der Waals surface area contributed by atoms with Crippen molar-refractivity contribution in [3.05, 3.63) is 47.8 Å². The fraction of sp³-hybridized carbons (Fsp3) is 0.300. The van der Waals surface area contributed by atoms with Crippen LogP contribution in [0.5, 0.6) is 11.5 Å². The lowest BCUT2D eigenvalue weighted by Crippen LogP contribution is -2.09. The Labute approximate surface area is 144 Å². The van der Waals surface area contributed by atoms with Gasteiger partial charge in [0, 0.05) is 21.0 Å². The van der Waals surface area contributed by atoms with Crippen LogP contribution in [0.25, 0.3) is 20.2 Å². The number of allylic oxidation sites excluding steroid dienone is 2. The highest BCUT2D eigenvalue weighted by atomic mass is 32.1. The van der Waals surface area contributed by atoms with Crippen LogP contribution in [0.4, 0.5) is 4.39 Å². The van der Waals surface area contributed by atoms with E-state index in [-0.39, 0.29) is 11.6 Å². The Bertz CT molecular complexity index is 934. The second-order valence-corrected chi connectivity index (χ2v) is 7.27. The molecule has 4 rings (SSSR count). The van der Waals surface area contributed by atoms with Crippen molar-refractivity contribution < 1.29 is 13.9 Å². The molecular weight excluding hydrogens is 323 g/mol. The highest BCUT2D eigenvalue weighted by molar-refractivity contribution is 7.26. The maximum absolute atomic E-state index is 14.5. The van der Waals surface area contributed by atoms with Gasteiger partial charge in [-0.25, -0.2) is 4.39 Å². The lowest BCUT2D eigenvalue weighted by atomic mass is 10.1. The van der Waals surface area contributed by atoms with Gasteiger partial charge in [0.25, 0.3) is 0 Å². The van der Waals surface area contributed by atoms with E-state index in [2.05, 4.69) is 19.1 Å². The molecule has 1 aromatic heterocycles. The van der Waals surface area contributed by atoms with Crippen molar-refractivity contribution in [3.63, 3.8) is 0 Å². The Morgan fingerprint density at radius 3 is 2.42 bits per heavy atom. The van der Waals surface area contributed by atoms with Gasteiger partial charge in [0.15, 0.2) is 11.6 Å². The summed E-state index contributed by atoms with van der Waals surface area (Å²) in [6.45, 7) is 2.78. The first-order valence-corrected chi connectivity index (χ1v) is 8.96. The van der Waals surface area contributed by atoms with Crippen molar-refractivity contribution in [2.24, 2.45) is 5.92 Å². The molecule has 4 heteroatoms. The second kappa shape index (κ2) is 6.10. The molecule has 3 aromatic rings. The number of halogens is 1. The van der Waals surface area contributed by atoms with Crippen molar-refractivity contribution in [2.45, 2.75) is 19.8 Å². The van der Waals surface area contributed by atoms with Crippen molar-refractivity contribution in [3.8, 4) is 11.5 Å². The number of rotatable bonds is 4. The Morgan fingerprint density at radius 1 is 1.04 bits per heavy atom. The summed E-state index contributed by atoms with van der Waals surface area (Å²) in [5, 5.41) is 2.01. The standard InChI is InChI=1S/C20H19FO2S/c1-12-16(23-11-13-5-3-4-6-13)9-7-14-15-8-10-17(22-2)18(21)20(15)24-19(12)14/h3-4,7-10,13H,5-6,11H2,1-2H3. The summed E-state index contributed by atoms with van der Waals surface area (Å²) in [6, 6.07) is 7.67. The SMILES string of the molecule is COc1ccc2c(sc3c(C)c(OCC4CC=CC4)ccc32)c1F. The van der Waals surface area contributed by atoms with E-state index in [4.69, 9.17) is 9.47 Å². The molecule has 0 fully saturated rings. The molecule has 0 N–H and O–H groups in total. The highest BCUT2D eigenvalue weighted by Crippen LogP contribution is 2.42. The summed E-state index contributed by atoms with van der Waals surface area (Å²) in [6.07, 6.45) is 6.61. The number of benzene rings is 2. The van der Waals surface area contributed by atoms with E-state index >= 15 is 0 Å². The second-order valence-electron chi connectivity index (χ2n) is 6.25. The third kappa shape index (κ3) is 2.46. The third-order valence-electron chi connectivity index (χ3n) is 4.71. The average Bonchev–Trinajstić information content (AvgIpc) is 3.23. The lowest BCUT2D eigenvalue weighted by Gasteiger charge is -2.13. The maximum atomic E-state index is 14.5. The smallest absolute Gasteiger partial charge is 0.182 e. The largest absolute Gasteiger partial charge is 0.494 e. The number of methoxy groups -OCH3 is 1. The van der Waals surface area contributed by atoms with Gasteiger partial charge < -0.3 is 9.47 Å². The minimum Gasteiger partial charge on any atom is -0.494 e. The fourth-order valence-corrected chi connectivity index (χ4v) is 4.52. The molecule has 0 radical (unpaired) electrons. The van der Waals surface area contributed by atoms with E-state index in [0.717, 1.165) is 46.2 Å². The van der Waals surface area contributed by atoms with Crippen LogP contribution in [0.3, 0.4) is 0 Å². The van der Waals surface area contributed by atoms with Gasteiger partial charge in [0.1, 0.15) is 5.75 Å². The lowest BCUT2D eigenvalue weighted by molar-refractivity contribution is 0.255. The molecular formula is C20H19FO2S. The molecule has 0 saturated carbocycles. The summed E-state index contributed by atoms with van der Waals surface area (Å²) in [5.74, 6) is 1.48. The minimum absolute atomic E-state index is 0.282. The molecule has 0 atom stereocenters. The zero-order valence-corrected chi connectivity index (χ0v) is 14.6. The number of fused-ring (bicyclic) bond motifs is 3. The summed E-state index contributed by atoms with van der Waals surface area (Å²) in [5.41, 5.74) is 1.08. The molecule has 2 aromatic carbocycles. The predicted molar refractivity (Wildman–Crippen MR) is 97.9 cm³/mol. The van der Waals surface area contributed by atoms with E-state index in [1.54, 1.807) is 6.07 Å². The number of hydrogen-bond donors (Lipinski definition) is 0. The van der Waals surface area contributed by atoms with Gasteiger partial charge in [-0.3, -0.25) is 0 Å². The zero-order valence-electron chi connectivity index (χ0n) is 13.8. The summed E-state index contributed by atoms with van der Waals surface area (Å²) >= 11 is 1.47. The van der Waals surface area contributed by atoms with Crippen LogP contribution in [0.15, 0.2) is 36.4 Å².